The number of anilines is 1. The first kappa shape index (κ1) is 18.1. The van der Waals surface area contributed by atoms with Crippen LogP contribution in [0.15, 0.2) is 48.5 Å². The van der Waals surface area contributed by atoms with Crippen LogP contribution >= 0.6 is 0 Å². The third kappa shape index (κ3) is 4.85. The van der Waals surface area contributed by atoms with Gasteiger partial charge in [0.15, 0.2) is 0 Å². The molecule has 0 saturated heterocycles. The zero-order valence-electron chi connectivity index (χ0n) is 13.5. The fourth-order valence-electron chi connectivity index (χ4n) is 2.13. The fourth-order valence-corrected chi connectivity index (χ4v) is 2.13. The van der Waals surface area contributed by atoms with Crippen LogP contribution in [0.4, 0.5) is 11.4 Å². The lowest BCUT2D eigenvalue weighted by Crippen LogP contribution is -2.27. The van der Waals surface area contributed by atoms with E-state index in [9.17, 15) is 19.7 Å². The van der Waals surface area contributed by atoms with Gasteiger partial charge in [-0.05, 0) is 24.3 Å². The summed E-state index contributed by atoms with van der Waals surface area (Å²) in [6.45, 7) is 0.752. The Morgan fingerprint density at radius 3 is 2.60 bits per heavy atom. The Hall–Kier alpha value is -3.26. The molecular formula is C17H17N3O5. The minimum atomic E-state index is -0.621. The van der Waals surface area contributed by atoms with Gasteiger partial charge in [0, 0.05) is 31.0 Å². The summed E-state index contributed by atoms with van der Waals surface area (Å²) >= 11 is 0. The van der Waals surface area contributed by atoms with Crippen molar-refractivity contribution in [1.82, 2.24) is 5.32 Å². The molecule has 2 N–H and O–H groups in total. The van der Waals surface area contributed by atoms with E-state index in [2.05, 4.69) is 10.6 Å². The molecule has 2 rings (SSSR count). The molecule has 8 nitrogen and oxygen atoms in total. The molecule has 0 spiro atoms. The predicted octanol–water partition coefficient (Wildman–Crippen LogP) is 2.22. The molecule has 0 fully saturated rings. The van der Waals surface area contributed by atoms with Crippen molar-refractivity contribution in [3.63, 3.8) is 0 Å². The van der Waals surface area contributed by atoms with Crippen LogP contribution in [0.1, 0.15) is 20.7 Å². The maximum atomic E-state index is 12.3. The minimum Gasteiger partial charge on any atom is -0.383 e. The average molecular weight is 343 g/mol. The lowest BCUT2D eigenvalue weighted by atomic mass is 10.1. The van der Waals surface area contributed by atoms with Crippen molar-refractivity contribution in [3.05, 3.63) is 69.8 Å². The summed E-state index contributed by atoms with van der Waals surface area (Å²) < 4.78 is 4.86. The van der Waals surface area contributed by atoms with E-state index >= 15 is 0 Å². The van der Waals surface area contributed by atoms with Crippen LogP contribution in [0.5, 0.6) is 0 Å². The maximum absolute atomic E-state index is 12.3. The highest BCUT2D eigenvalue weighted by molar-refractivity contribution is 6.07. The molecule has 0 saturated carbocycles. The number of para-hydroxylation sites is 1. The van der Waals surface area contributed by atoms with Crippen LogP contribution in [-0.2, 0) is 4.74 Å². The first-order chi connectivity index (χ1) is 12.0. The number of hydrogen-bond acceptors (Lipinski definition) is 5. The summed E-state index contributed by atoms with van der Waals surface area (Å²) in [4.78, 5) is 34.7. The predicted molar refractivity (Wildman–Crippen MR) is 91.7 cm³/mol. The van der Waals surface area contributed by atoms with Crippen LogP contribution in [0.25, 0.3) is 0 Å². The van der Waals surface area contributed by atoms with Gasteiger partial charge >= 0.3 is 0 Å². The molecule has 2 aromatic carbocycles. The number of nitro groups is 1. The summed E-state index contributed by atoms with van der Waals surface area (Å²) in [7, 11) is 1.53. The number of nitrogens with zero attached hydrogens (tertiary/aromatic N) is 1. The molecule has 0 heterocycles. The molecule has 2 amide bonds. The molecule has 0 unspecified atom stereocenters. The zero-order chi connectivity index (χ0) is 18.2. The van der Waals surface area contributed by atoms with Gasteiger partial charge in [0.1, 0.15) is 5.56 Å². The molecule has 2 aromatic rings. The molecule has 8 heteroatoms. The highest BCUT2D eigenvalue weighted by Gasteiger charge is 2.19. The van der Waals surface area contributed by atoms with Gasteiger partial charge in [-0.25, -0.2) is 0 Å². The van der Waals surface area contributed by atoms with Crippen molar-refractivity contribution >= 4 is 23.2 Å². The summed E-state index contributed by atoms with van der Waals surface area (Å²) in [6, 6.07) is 12.0. The Kier molecular flexibility index (Phi) is 6.19. The lowest BCUT2D eigenvalue weighted by Gasteiger charge is -2.08. The summed E-state index contributed by atoms with van der Waals surface area (Å²) in [5.41, 5.74) is 0.384. The number of amides is 2. The van der Waals surface area contributed by atoms with Crippen LogP contribution in [0.2, 0.25) is 0 Å². The van der Waals surface area contributed by atoms with E-state index < -0.39 is 10.8 Å². The smallest absolute Gasteiger partial charge is 0.282 e. The third-order valence-electron chi connectivity index (χ3n) is 3.32. The zero-order valence-corrected chi connectivity index (χ0v) is 13.5. The van der Waals surface area contributed by atoms with Crippen LogP contribution in [0.3, 0.4) is 0 Å². The lowest BCUT2D eigenvalue weighted by molar-refractivity contribution is -0.385. The van der Waals surface area contributed by atoms with E-state index in [0.717, 1.165) is 0 Å². The molecule has 25 heavy (non-hydrogen) atoms. The van der Waals surface area contributed by atoms with Gasteiger partial charge in [-0.3, -0.25) is 19.7 Å². The number of nitrogens with one attached hydrogen (secondary N) is 2. The first-order valence-corrected chi connectivity index (χ1v) is 7.45. The molecule has 130 valence electrons. The number of nitro benzene ring substituents is 1. The van der Waals surface area contributed by atoms with Crippen molar-refractivity contribution in [3.8, 4) is 0 Å². The summed E-state index contributed by atoms with van der Waals surface area (Å²) in [6.07, 6.45) is 0. The van der Waals surface area contributed by atoms with Crippen LogP contribution in [-0.4, -0.2) is 37.0 Å². The van der Waals surface area contributed by atoms with Gasteiger partial charge in [0.2, 0.25) is 0 Å². The van der Waals surface area contributed by atoms with E-state index in [1.54, 1.807) is 24.3 Å². The van der Waals surface area contributed by atoms with E-state index in [1.165, 1.54) is 31.4 Å². The van der Waals surface area contributed by atoms with Crippen molar-refractivity contribution in [2.24, 2.45) is 0 Å². The van der Waals surface area contributed by atoms with E-state index in [4.69, 9.17) is 4.74 Å². The normalized spacial score (nSPS) is 10.1. The van der Waals surface area contributed by atoms with Gasteiger partial charge in [-0.15, -0.1) is 0 Å². The van der Waals surface area contributed by atoms with Crippen LogP contribution in [0, 0.1) is 10.1 Å². The maximum Gasteiger partial charge on any atom is 0.282 e. The van der Waals surface area contributed by atoms with Crippen molar-refractivity contribution in [2.45, 2.75) is 0 Å². The second-order valence-corrected chi connectivity index (χ2v) is 5.06. The quantitative estimate of drug-likeness (QED) is 0.455. The number of rotatable bonds is 7. The largest absolute Gasteiger partial charge is 0.383 e. The number of carbonyl (C=O) groups excluding carboxylic acids is 2. The Morgan fingerprint density at radius 2 is 1.88 bits per heavy atom. The number of benzene rings is 2. The van der Waals surface area contributed by atoms with Gasteiger partial charge in [-0.2, -0.15) is 0 Å². The van der Waals surface area contributed by atoms with Crippen molar-refractivity contribution in [1.29, 1.82) is 0 Å². The van der Waals surface area contributed by atoms with Gasteiger partial charge in [0.05, 0.1) is 11.5 Å². The van der Waals surface area contributed by atoms with Gasteiger partial charge < -0.3 is 15.4 Å². The molecule has 0 aliphatic heterocycles. The molecule has 0 aromatic heterocycles. The van der Waals surface area contributed by atoms with E-state index in [0.29, 0.717) is 24.4 Å². The van der Waals surface area contributed by atoms with E-state index in [1.807, 2.05) is 0 Å². The molecule has 0 atom stereocenters. The van der Waals surface area contributed by atoms with Gasteiger partial charge in [-0.1, -0.05) is 18.2 Å². The summed E-state index contributed by atoms with van der Waals surface area (Å²) in [5, 5.41) is 16.2. The van der Waals surface area contributed by atoms with E-state index in [-0.39, 0.29) is 17.2 Å². The standard InChI is InChI=1S/C17H17N3O5/c1-25-10-9-18-16(21)12-5-4-6-13(11-12)19-17(22)14-7-2-3-8-15(14)20(23)24/h2-8,11H,9-10H2,1H3,(H,18,21)(H,19,22). The molecular weight excluding hydrogens is 326 g/mol. The third-order valence-corrected chi connectivity index (χ3v) is 3.32. The topological polar surface area (TPSA) is 111 Å². The highest BCUT2D eigenvalue weighted by Crippen LogP contribution is 2.19. The number of methoxy groups -OCH3 is 1. The van der Waals surface area contributed by atoms with Crippen molar-refractivity contribution in [2.75, 3.05) is 25.6 Å². The van der Waals surface area contributed by atoms with Crippen LogP contribution < -0.4 is 10.6 Å². The second kappa shape index (κ2) is 8.55. The second-order valence-electron chi connectivity index (χ2n) is 5.06. The number of carbonyl (C=O) groups is 2. The van der Waals surface area contributed by atoms with Crippen molar-refractivity contribution < 1.29 is 19.2 Å². The number of hydrogen-bond donors (Lipinski definition) is 2. The molecule has 0 aliphatic rings. The summed E-state index contributed by atoms with van der Waals surface area (Å²) in [5.74, 6) is -0.928. The SMILES string of the molecule is COCCNC(=O)c1cccc(NC(=O)c2ccccc2[N+](=O)[O-])c1. The molecule has 0 bridgehead atoms. The first-order valence-electron chi connectivity index (χ1n) is 7.45. The average Bonchev–Trinajstić information content (AvgIpc) is 2.62. The monoisotopic (exact) mass is 343 g/mol. The highest BCUT2D eigenvalue weighted by atomic mass is 16.6. The molecule has 0 radical (unpaired) electrons. The Labute approximate surface area is 144 Å². The Bertz CT molecular complexity index is 791. The number of ether oxygens (including phenoxy) is 1. The Balaban J connectivity index is 2.13. The molecule has 0 aliphatic carbocycles. The Morgan fingerprint density at radius 1 is 1.12 bits per heavy atom. The fraction of sp³-hybridized carbons (Fsp3) is 0.176. The minimum absolute atomic E-state index is 0.0533. The van der Waals surface area contributed by atoms with Gasteiger partial charge in [0.25, 0.3) is 17.5 Å².